The van der Waals surface area contributed by atoms with Gasteiger partial charge in [0, 0.05) is 26.1 Å². The number of carbonyl (C=O) groups is 2. The van der Waals surface area contributed by atoms with Gasteiger partial charge < -0.3 is 16.4 Å². The Morgan fingerprint density at radius 2 is 1.76 bits per heavy atom. The van der Waals surface area contributed by atoms with Crippen molar-refractivity contribution in [2.24, 2.45) is 11.7 Å². The first kappa shape index (κ1) is 14.0. The van der Waals surface area contributed by atoms with E-state index in [2.05, 4.69) is 10.6 Å². The molecule has 2 unspecified atom stereocenters. The van der Waals surface area contributed by atoms with E-state index in [0.717, 1.165) is 25.7 Å². The first-order chi connectivity index (χ1) is 8.11. The Bertz CT molecular complexity index is 268. The van der Waals surface area contributed by atoms with Gasteiger partial charge in [-0.3, -0.25) is 9.59 Å². The topological polar surface area (TPSA) is 84.2 Å². The van der Waals surface area contributed by atoms with Gasteiger partial charge >= 0.3 is 0 Å². The fourth-order valence-electron chi connectivity index (χ4n) is 2.22. The van der Waals surface area contributed by atoms with Crippen LogP contribution in [0.25, 0.3) is 0 Å². The Balaban J connectivity index is 2.27. The molecule has 0 aromatic heterocycles. The van der Waals surface area contributed by atoms with Crippen LogP contribution >= 0.6 is 0 Å². The molecular formula is C12H23N3O2. The van der Waals surface area contributed by atoms with Crippen molar-refractivity contribution < 1.29 is 9.59 Å². The lowest BCUT2D eigenvalue weighted by molar-refractivity contribution is -0.126. The van der Waals surface area contributed by atoms with Crippen LogP contribution in [-0.4, -0.2) is 30.9 Å². The van der Waals surface area contributed by atoms with Crippen LogP contribution < -0.4 is 16.4 Å². The molecule has 98 valence electrons. The van der Waals surface area contributed by atoms with Crippen LogP contribution in [0, 0.1) is 5.92 Å². The summed E-state index contributed by atoms with van der Waals surface area (Å²) in [4.78, 5) is 22.5. The third kappa shape index (κ3) is 5.17. The third-order valence-electron chi connectivity index (χ3n) is 3.20. The molecule has 2 amide bonds. The predicted molar refractivity (Wildman–Crippen MR) is 66.2 cm³/mol. The van der Waals surface area contributed by atoms with E-state index in [9.17, 15) is 9.59 Å². The van der Waals surface area contributed by atoms with Crippen LogP contribution in [-0.2, 0) is 9.59 Å². The lowest BCUT2D eigenvalue weighted by Crippen LogP contribution is -2.43. The number of hydrogen-bond acceptors (Lipinski definition) is 3. The van der Waals surface area contributed by atoms with Gasteiger partial charge in [-0.2, -0.15) is 0 Å². The Morgan fingerprint density at radius 3 is 2.47 bits per heavy atom. The molecule has 1 aliphatic carbocycles. The first-order valence-electron chi connectivity index (χ1n) is 6.39. The molecule has 0 aromatic rings. The first-order valence-corrected chi connectivity index (χ1v) is 6.39. The summed E-state index contributed by atoms with van der Waals surface area (Å²) in [6, 6.07) is -0.0155. The van der Waals surface area contributed by atoms with E-state index < -0.39 is 0 Å². The smallest absolute Gasteiger partial charge is 0.224 e. The summed E-state index contributed by atoms with van der Waals surface area (Å²) in [5.74, 6) is -0.106. The van der Waals surface area contributed by atoms with Crippen molar-refractivity contribution >= 4 is 11.8 Å². The van der Waals surface area contributed by atoms with Crippen molar-refractivity contribution in [3.8, 4) is 0 Å². The maximum atomic E-state index is 11.9. The van der Waals surface area contributed by atoms with Gasteiger partial charge in [-0.15, -0.1) is 0 Å². The monoisotopic (exact) mass is 241 g/mol. The standard InChI is InChI=1S/C12H23N3O2/c1-9(16)14-7-8-15-12(17)10-5-3-2-4-6-11(10)13/h10-11H,2-8,13H2,1H3,(H,14,16)(H,15,17). The Labute approximate surface area is 103 Å². The van der Waals surface area contributed by atoms with Crippen LogP contribution in [0.15, 0.2) is 0 Å². The van der Waals surface area contributed by atoms with Gasteiger partial charge in [-0.1, -0.05) is 19.3 Å². The molecule has 0 heterocycles. The van der Waals surface area contributed by atoms with E-state index in [1.54, 1.807) is 0 Å². The second-order valence-electron chi connectivity index (χ2n) is 4.68. The van der Waals surface area contributed by atoms with Crippen molar-refractivity contribution in [1.29, 1.82) is 0 Å². The number of rotatable bonds is 4. The molecule has 1 rings (SSSR count). The van der Waals surface area contributed by atoms with Crippen LogP contribution in [0.4, 0.5) is 0 Å². The normalized spacial score (nSPS) is 24.8. The van der Waals surface area contributed by atoms with Crippen LogP contribution in [0.5, 0.6) is 0 Å². The zero-order chi connectivity index (χ0) is 12.7. The molecule has 0 saturated heterocycles. The number of carbonyl (C=O) groups excluding carboxylic acids is 2. The summed E-state index contributed by atoms with van der Waals surface area (Å²) in [6.07, 6.45) is 5.19. The molecule has 1 saturated carbocycles. The highest BCUT2D eigenvalue weighted by Gasteiger charge is 2.26. The van der Waals surface area contributed by atoms with Crippen LogP contribution in [0.3, 0.4) is 0 Å². The average Bonchev–Trinajstić information content (AvgIpc) is 2.48. The van der Waals surface area contributed by atoms with E-state index in [-0.39, 0.29) is 23.8 Å². The molecular weight excluding hydrogens is 218 g/mol. The molecule has 0 aromatic carbocycles. The van der Waals surface area contributed by atoms with Gasteiger partial charge in [0.1, 0.15) is 0 Å². The zero-order valence-electron chi connectivity index (χ0n) is 10.5. The van der Waals surface area contributed by atoms with Gasteiger partial charge in [-0.25, -0.2) is 0 Å². The molecule has 4 N–H and O–H groups in total. The highest BCUT2D eigenvalue weighted by molar-refractivity contribution is 5.79. The molecule has 5 nitrogen and oxygen atoms in total. The lowest BCUT2D eigenvalue weighted by Gasteiger charge is -2.20. The summed E-state index contributed by atoms with van der Waals surface area (Å²) in [5, 5.41) is 5.47. The summed E-state index contributed by atoms with van der Waals surface area (Å²) < 4.78 is 0. The molecule has 0 aliphatic heterocycles. The molecule has 5 heteroatoms. The third-order valence-corrected chi connectivity index (χ3v) is 3.20. The van der Waals surface area contributed by atoms with Crippen molar-refractivity contribution in [2.75, 3.05) is 13.1 Å². The highest BCUT2D eigenvalue weighted by Crippen LogP contribution is 2.22. The van der Waals surface area contributed by atoms with E-state index in [0.29, 0.717) is 13.1 Å². The molecule has 1 aliphatic rings. The van der Waals surface area contributed by atoms with Crippen LogP contribution in [0.2, 0.25) is 0 Å². The molecule has 1 fully saturated rings. The lowest BCUT2D eigenvalue weighted by atomic mass is 9.94. The highest BCUT2D eigenvalue weighted by atomic mass is 16.2. The van der Waals surface area contributed by atoms with E-state index in [1.807, 2.05) is 0 Å². The Hall–Kier alpha value is -1.10. The van der Waals surface area contributed by atoms with Gasteiger partial charge in [0.2, 0.25) is 11.8 Å². The number of amides is 2. The van der Waals surface area contributed by atoms with E-state index >= 15 is 0 Å². The fourth-order valence-corrected chi connectivity index (χ4v) is 2.22. The largest absolute Gasteiger partial charge is 0.355 e. The summed E-state index contributed by atoms with van der Waals surface area (Å²) in [5.41, 5.74) is 6.00. The zero-order valence-corrected chi connectivity index (χ0v) is 10.5. The van der Waals surface area contributed by atoms with E-state index in [4.69, 9.17) is 5.73 Å². The average molecular weight is 241 g/mol. The number of hydrogen-bond donors (Lipinski definition) is 3. The fraction of sp³-hybridized carbons (Fsp3) is 0.833. The summed E-state index contributed by atoms with van der Waals surface area (Å²) in [7, 11) is 0. The maximum Gasteiger partial charge on any atom is 0.224 e. The second-order valence-corrected chi connectivity index (χ2v) is 4.68. The minimum atomic E-state index is -0.0783. The van der Waals surface area contributed by atoms with Crippen molar-refractivity contribution in [2.45, 2.75) is 45.1 Å². The molecule has 17 heavy (non-hydrogen) atoms. The summed E-state index contributed by atoms with van der Waals surface area (Å²) >= 11 is 0. The van der Waals surface area contributed by atoms with Gasteiger partial charge in [0.25, 0.3) is 0 Å². The van der Waals surface area contributed by atoms with Gasteiger partial charge in [-0.05, 0) is 12.8 Å². The van der Waals surface area contributed by atoms with E-state index in [1.165, 1.54) is 13.3 Å². The molecule has 0 spiro atoms. The van der Waals surface area contributed by atoms with Crippen molar-refractivity contribution in [1.82, 2.24) is 10.6 Å². The molecule has 0 radical (unpaired) electrons. The van der Waals surface area contributed by atoms with Crippen molar-refractivity contribution in [3.05, 3.63) is 0 Å². The molecule has 0 bridgehead atoms. The Kier molecular flexibility index (Phi) is 5.97. The SMILES string of the molecule is CC(=O)NCCNC(=O)C1CCCCCC1N. The predicted octanol–water partition coefficient (Wildman–Crippen LogP) is 0.146. The minimum absolute atomic E-state index is 0.0155. The second kappa shape index (κ2) is 7.27. The quantitative estimate of drug-likeness (QED) is 0.484. The number of nitrogens with one attached hydrogen (secondary N) is 2. The van der Waals surface area contributed by atoms with Gasteiger partial charge in [0.05, 0.1) is 5.92 Å². The Morgan fingerprint density at radius 1 is 1.12 bits per heavy atom. The minimum Gasteiger partial charge on any atom is -0.355 e. The van der Waals surface area contributed by atoms with Crippen LogP contribution in [0.1, 0.15) is 39.0 Å². The number of nitrogens with two attached hydrogens (primary N) is 1. The van der Waals surface area contributed by atoms with Gasteiger partial charge in [0.15, 0.2) is 0 Å². The maximum absolute atomic E-state index is 11.9. The molecule has 2 atom stereocenters. The van der Waals surface area contributed by atoms with Crippen molar-refractivity contribution in [3.63, 3.8) is 0 Å². The summed E-state index contributed by atoms with van der Waals surface area (Å²) in [6.45, 7) is 2.41.